The maximum atomic E-state index is 14.2. The molecule has 1 atom stereocenters. The molecule has 1 spiro atoms. The van der Waals surface area contributed by atoms with Gasteiger partial charge in [0.2, 0.25) is 12.7 Å². The normalized spacial score (nSPS) is 18.4. The largest absolute Gasteiger partial charge is 0.491 e. The van der Waals surface area contributed by atoms with Crippen LogP contribution in [0.25, 0.3) is 0 Å². The summed E-state index contributed by atoms with van der Waals surface area (Å²) in [6, 6.07) is 23.1. The minimum atomic E-state index is -0.935. The Balaban J connectivity index is 1.12. The van der Waals surface area contributed by atoms with Gasteiger partial charge < -0.3 is 24.4 Å². The summed E-state index contributed by atoms with van der Waals surface area (Å²) in [5, 5.41) is 5.02. The van der Waals surface area contributed by atoms with Crippen LogP contribution >= 0.6 is 11.3 Å². The third kappa shape index (κ3) is 3.55. The van der Waals surface area contributed by atoms with Crippen molar-refractivity contribution >= 4 is 28.8 Å². The summed E-state index contributed by atoms with van der Waals surface area (Å²) in [5.41, 5.74) is 3.18. The molecule has 4 aromatic rings. The quantitative estimate of drug-likeness (QED) is 0.397. The van der Waals surface area contributed by atoms with Crippen LogP contribution in [0.2, 0.25) is 0 Å². The van der Waals surface area contributed by atoms with E-state index in [4.69, 9.17) is 14.2 Å². The molecule has 3 aliphatic rings. The number of ether oxygens (including phenoxy) is 3. The summed E-state index contributed by atoms with van der Waals surface area (Å²) in [4.78, 5) is 29.8. The minimum absolute atomic E-state index is 0.0355. The summed E-state index contributed by atoms with van der Waals surface area (Å²) >= 11 is 1.69. The van der Waals surface area contributed by atoms with Crippen molar-refractivity contribution in [2.45, 2.75) is 18.4 Å². The van der Waals surface area contributed by atoms with Gasteiger partial charge in [0, 0.05) is 34.3 Å². The Morgan fingerprint density at radius 2 is 1.74 bits per heavy atom. The van der Waals surface area contributed by atoms with Crippen LogP contribution in [0.1, 0.15) is 31.9 Å². The zero-order chi connectivity index (χ0) is 25.7. The van der Waals surface area contributed by atoms with Gasteiger partial charge >= 0.3 is 0 Å². The number of carbonyl (C=O) groups excluding carboxylic acids is 2. The zero-order valence-corrected chi connectivity index (χ0v) is 21.3. The summed E-state index contributed by atoms with van der Waals surface area (Å²) < 4.78 is 17.2. The second kappa shape index (κ2) is 8.92. The fourth-order valence-corrected chi connectivity index (χ4v) is 6.23. The molecule has 0 bridgehead atoms. The van der Waals surface area contributed by atoms with E-state index in [1.165, 1.54) is 4.88 Å². The first-order chi connectivity index (χ1) is 18.6. The smallest absolute Gasteiger partial charge is 0.251 e. The number of thiophene rings is 1. The highest BCUT2D eigenvalue weighted by atomic mass is 32.1. The second-order valence-electron chi connectivity index (χ2n) is 9.59. The van der Waals surface area contributed by atoms with Crippen molar-refractivity contribution in [3.05, 3.63) is 105 Å². The lowest BCUT2D eigenvalue weighted by Crippen LogP contribution is -2.42. The molecule has 38 heavy (non-hydrogen) atoms. The molecular weight excluding hydrogens is 500 g/mol. The van der Waals surface area contributed by atoms with E-state index in [1.807, 2.05) is 77.0 Å². The zero-order valence-electron chi connectivity index (χ0n) is 20.4. The molecule has 1 N–H and O–H groups in total. The third-order valence-electron chi connectivity index (χ3n) is 7.44. The molecule has 3 aliphatic heterocycles. The van der Waals surface area contributed by atoms with Crippen molar-refractivity contribution in [3.8, 4) is 17.2 Å². The predicted molar refractivity (Wildman–Crippen MR) is 143 cm³/mol. The average molecular weight is 525 g/mol. The Morgan fingerprint density at radius 1 is 0.921 bits per heavy atom. The van der Waals surface area contributed by atoms with Gasteiger partial charge in [-0.1, -0.05) is 36.4 Å². The number of nitrogens with zero attached hydrogens (tertiary/aromatic N) is 1. The van der Waals surface area contributed by atoms with Crippen molar-refractivity contribution in [1.82, 2.24) is 5.32 Å². The van der Waals surface area contributed by atoms with Crippen LogP contribution in [-0.2, 0) is 23.2 Å². The Labute approximate surface area is 223 Å². The van der Waals surface area contributed by atoms with E-state index >= 15 is 0 Å². The number of amides is 2. The number of carbonyl (C=O) groups is 2. The van der Waals surface area contributed by atoms with Crippen LogP contribution in [0.3, 0.4) is 0 Å². The van der Waals surface area contributed by atoms with Gasteiger partial charge in [-0.3, -0.25) is 9.59 Å². The molecule has 1 aromatic heterocycles. The van der Waals surface area contributed by atoms with Gasteiger partial charge in [-0.2, -0.15) is 0 Å². The predicted octanol–water partition coefficient (Wildman–Crippen LogP) is 4.67. The molecule has 7 nitrogen and oxygen atoms in total. The van der Waals surface area contributed by atoms with Crippen LogP contribution in [0.15, 0.2) is 78.2 Å². The van der Waals surface area contributed by atoms with E-state index in [9.17, 15) is 9.59 Å². The van der Waals surface area contributed by atoms with Gasteiger partial charge in [0.1, 0.15) is 17.8 Å². The highest BCUT2D eigenvalue weighted by molar-refractivity contribution is 7.09. The molecule has 0 radical (unpaired) electrons. The Bertz CT molecular complexity index is 1550. The topological polar surface area (TPSA) is 77.1 Å². The first-order valence-corrected chi connectivity index (χ1v) is 13.4. The molecule has 0 saturated heterocycles. The first kappa shape index (κ1) is 22.9. The van der Waals surface area contributed by atoms with Gasteiger partial charge in [0.25, 0.3) is 5.91 Å². The molecular formula is C30H24N2O5S. The van der Waals surface area contributed by atoms with Crippen molar-refractivity contribution in [2.24, 2.45) is 0 Å². The molecule has 0 fully saturated rings. The molecule has 3 aromatic carbocycles. The highest BCUT2D eigenvalue weighted by Gasteiger charge is 2.57. The molecule has 7 rings (SSSR count). The van der Waals surface area contributed by atoms with Crippen molar-refractivity contribution in [3.63, 3.8) is 0 Å². The fraction of sp³-hybridized carbons (Fsp3) is 0.200. The van der Waals surface area contributed by atoms with E-state index in [2.05, 4.69) is 11.4 Å². The van der Waals surface area contributed by atoms with Crippen LogP contribution in [-0.4, -0.2) is 31.8 Å². The minimum Gasteiger partial charge on any atom is -0.491 e. The van der Waals surface area contributed by atoms with E-state index < -0.39 is 5.41 Å². The number of para-hydroxylation sites is 1. The number of fused-ring (bicyclic) bond motifs is 5. The summed E-state index contributed by atoms with van der Waals surface area (Å²) in [6.07, 6.45) is 0.814. The number of anilines is 1. The SMILES string of the molecule is O=C(NCCc1cccs1)c1ccc(CN2C(=O)C3(COc4cc5c(cc43)OCO5)c3ccccc32)cc1. The average Bonchev–Trinajstić information content (AvgIpc) is 3.73. The maximum absolute atomic E-state index is 14.2. The van der Waals surface area contributed by atoms with Crippen LogP contribution < -0.4 is 24.4 Å². The van der Waals surface area contributed by atoms with Crippen molar-refractivity contribution < 1.29 is 23.8 Å². The number of hydrogen-bond acceptors (Lipinski definition) is 6. The summed E-state index contributed by atoms with van der Waals surface area (Å²) in [5.74, 6) is 1.77. The molecule has 190 valence electrons. The van der Waals surface area contributed by atoms with Gasteiger partial charge in [0.05, 0.1) is 6.54 Å². The van der Waals surface area contributed by atoms with E-state index in [-0.39, 0.29) is 25.2 Å². The molecule has 4 heterocycles. The molecule has 2 amide bonds. The Kier molecular flexibility index (Phi) is 5.37. The monoisotopic (exact) mass is 524 g/mol. The van der Waals surface area contributed by atoms with Gasteiger partial charge in [-0.25, -0.2) is 0 Å². The maximum Gasteiger partial charge on any atom is 0.251 e. The van der Waals surface area contributed by atoms with Crippen LogP contribution in [0.4, 0.5) is 5.69 Å². The first-order valence-electron chi connectivity index (χ1n) is 12.5. The lowest BCUT2D eigenvalue weighted by Gasteiger charge is -2.23. The van der Waals surface area contributed by atoms with Gasteiger partial charge in [-0.05, 0) is 53.3 Å². The number of rotatable bonds is 6. The molecule has 0 saturated carbocycles. The molecule has 0 aliphatic carbocycles. The lowest BCUT2D eigenvalue weighted by atomic mass is 9.77. The number of benzene rings is 3. The lowest BCUT2D eigenvalue weighted by molar-refractivity contribution is -0.122. The van der Waals surface area contributed by atoms with Gasteiger partial charge in [0.15, 0.2) is 11.5 Å². The fourth-order valence-electron chi connectivity index (χ4n) is 5.52. The molecule has 8 heteroatoms. The molecule has 1 unspecified atom stereocenters. The highest BCUT2D eigenvalue weighted by Crippen LogP contribution is 2.55. The Hall–Kier alpha value is -4.30. The van der Waals surface area contributed by atoms with E-state index in [1.54, 1.807) is 11.3 Å². The Morgan fingerprint density at radius 3 is 2.55 bits per heavy atom. The van der Waals surface area contributed by atoms with E-state index in [0.29, 0.717) is 35.9 Å². The summed E-state index contributed by atoms with van der Waals surface area (Å²) in [6.45, 7) is 1.36. The van der Waals surface area contributed by atoms with E-state index in [0.717, 1.165) is 28.8 Å². The third-order valence-corrected chi connectivity index (χ3v) is 8.37. The summed E-state index contributed by atoms with van der Waals surface area (Å²) in [7, 11) is 0. The van der Waals surface area contributed by atoms with Crippen LogP contribution in [0.5, 0.6) is 17.2 Å². The number of hydrogen-bond donors (Lipinski definition) is 1. The van der Waals surface area contributed by atoms with Gasteiger partial charge in [-0.15, -0.1) is 11.3 Å². The standard InChI is InChI=1S/C30H24N2O5S/c33-28(31-12-11-21-4-3-13-38-21)20-9-7-19(8-10-20)16-32-24-6-2-1-5-22(24)30(29(32)34)17-35-25-15-27-26(14-23(25)30)36-18-37-27/h1-10,13-15H,11-12,16-18H2,(H,31,33). The van der Waals surface area contributed by atoms with Crippen molar-refractivity contribution in [1.29, 1.82) is 0 Å². The van der Waals surface area contributed by atoms with Crippen molar-refractivity contribution in [2.75, 3.05) is 24.8 Å². The van der Waals surface area contributed by atoms with Crippen LogP contribution in [0, 0.1) is 0 Å². The number of nitrogens with one attached hydrogen (secondary N) is 1. The second-order valence-corrected chi connectivity index (χ2v) is 10.6.